The molecule has 4 heteroatoms. The highest BCUT2D eigenvalue weighted by molar-refractivity contribution is 5.76. The molecule has 1 aromatic rings. The maximum atomic E-state index is 11.7. The zero-order valence-electron chi connectivity index (χ0n) is 11.4. The molecule has 0 saturated carbocycles. The third-order valence-electron chi connectivity index (χ3n) is 3.11. The molecule has 0 aromatic carbocycles. The van der Waals surface area contributed by atoms with Crippen LogP contribution < -0.4 is 11.1 Å². The molecular formula is C14H23N3O. The van der Waals surface area contributed by atoms with E-state index in [2.05, 4.69) is 24.1 Å². The van der Waals surface area contributed by atoms with Gasteiger partial charge in [-0.25, -0.2) is 0 Å². The molecule has 0 aliphatic carbocycles. The van der Waals surface area contributed by atoms with Crippen molar-refractivity contribution in [1.29, 1.82) is 0 Å². The Balaban J connectivity index is 2.50. The Hall–Kier alpha value is -1.42. The minimum atomic E-state index is -0.115. The number of carbonyl (C=O) groups excluding carboxylic acids is 1. The molecule has 4 nitrogen and oxygen atoms in total. The van der Waals surface area contributed by atoms with Gasteiger partial charge in [-0.3, -0.25) is 9.78 Å². The predicted molar refractivity (Wildman–Crippen MR) is 73.1 cm³/mol. The van der Waals surface area contributed by atoms with Gasteiger partial charge in [0.1, 0.15) is 0 Å². The number of hydrogen-bond acceptors (Lipinski definition) is 3. The van der Waals surface area contributed by atoms with E-state index in [-0.39, 0.29) is 17.2 Å². The van der Waals surface area contributed by atoms with Crippen molar-refractivity contribution < 1.29 is 4.79 Å². The Morgan fingerprint density at radius 3 is 2.83 bits per heavy atom. The van der Waals surface area contributed by atoms with Crippen molar-refractivity contribution in [2.45, 2.75) is 32.6 Å². The highest BCUT2D eigenvalue weighted by Gasteiger charge is 2.21. The molecular weight excluding hydrogens is 226 g/mol. The van der Waals surface area contributed by atoms with Crippen LogP contribution in [0.1, 0.15) is 32.8 Å². The first-order valence-corrected chi connectivity index (χ1v) is 6.33. The van der Waals surface area contributed by atoms with Gasteiger partial charge in [0.15, 0.2) is 0 Å². The number of nitrogens with zero attached hydrogens (tertiary/aromatic N) is 1. The lowest BCUT2D eigenvalue weighted by Crippen LogP contribution is -2.37. The number of pyridine rings is 1. The molecule has 0 bridgehead atoms. The van der Waals surface area contributed by atoms with Crippen LogP contribution in [0.25, 0.3) is 0 Å². The first-order chi connectivity index (χ1) is 8.45. The van der Waals surface area contributed by atoms with E-state index in [0.29, 0.717) is 19.5 Å². The molecule has 1 atom stereocenters. The average Bonchev–Trinajstić information content (AvgIpc) is 2.37. The van der Waals surface area contributed by atoms with Crippen molar-refractivity contribution in [1.82, 2.24) is 10.3 Å². The number of rotatable bonds is 6. The molecule has 0 radical (unpaired) electrons. The van der Waals surface area contributed by atoms with Crippen LogP contribution in [0.3, 0.4) is 0 Å². The van der Waals surface area contributed by atoms with Gasteiger partial charge in [-0.05, 0) is 24.1 Å². The Labute approximate surface area is 109 Å². The van der Waals surface area contributed by atoms with E-state index < -0.39 is 0 Å². The summed E-state index contributed by atoms with van der Waals surface area (Å²) in [5.74, 6) is 0.288. The lowest BCUT2D eigenvalue weighted by atomic mass is 9.85. The van der Waals surface area contributed by atoms with Gasteiger partial charge in [-0.15, -0.1) is 0 Å². The maximum absolute atomic E-state index is 11.7. The molecule has 1 amide bonds. The van der Waals surface area contributed by atoms with Crippen LogP contribution in [-0.2, 0) is 10.2 Å². The van der Waals surface area contributed by atoms with Gasteiger partial charge < -0.3 is 11.1 Å². The summed E-state index contributed by atoms with van der Waals surface area (Å²) in [7, 11) is 0. The monoisotopic (exact) mass is 249 g/mol. The van der Waals surface area contributed by atoms with Crippen molar-refractivity contribution >= 4 is 5.91 Å². The van der Waals surface area contributed by atoms with Gasteiger partial charge in [-0.2, -0.15) is 0 Å². The van der Waals surface area contributed by atoms with Crippen LogP contribution >= 0.6 is 0 Å². The lowest BCUT2D eigenvalue weighted by Gasteiger charge is -2.25. The summed E-state index contributed by atoms with van der Waals surface area (Å²) in [5.41, 5.74) is 6.51. The van der Waals surface area contributed by atoms with Crippen molar-refractivity contribution in [2.24, 2.45) is 11.7 Å². The Morgan fingerprint density at radius 2 is 2.28 bits per heavy atom. The van der Waals surface area contributed by atoms with E-state index in [1.165, 1.54) is 0 Å². The Bertz CT molecular complexity index is 376. The second kappa shape index (κ2) is 6.50. The molecule has 100 valence electrons. The van der Waals surface area contributed by atoms with Gasteiger partial charge in [-0.1, -0.05) is 26.8 Å². The largest absolute Gasteiger partial charge is 0.355 e. The molecule has 0 aliphatic heterocycles. The summed E-state index contributed by atoms with van der Waals surface area (Å²) >= 11 is 0. The highest BCUT2D eigenvalue weighted by atomic mass is 16.1. The van der Waals surface area contributed by atoms with Crippen LogP contribution in [0.2, 0.25) is 0 Å². The fraction of sp³-hybridized carbons (Fsp3) is 0.571. The van der Waals surface area contributed by atoms with Crippen molar-refractivity contribution in [3.8, 4) is 0 Å². The summed E-state index contributed by atoms with van der Waals surface area (Å²) in [6.45, 7) is 7.31. The van der Waals surface area contributed by atoms with Crippen LogP contribution in [0.4, 0.5) is 0 Å². The fourth-order valence-corrected chi connectivity index (χ4v) is 1.66. The van der Waals surface area contributed by atoms with Crippen molar-refractivity contribution in [3.63, 3.8) is 0 Å². The molecule has 0 fully saturated rings. The lowest BCUT2D eigenvalue weighted by molar-refractivity contribution is -0.122. The van der Waals surface area contributed by atoms with E-state index in [1.54, 1.807) is 6.20 Å². The summed E-state index contributed by atoms with van der Waals surface area (Å²) in [4.78, 5) is 15.8. The standard InChI is InChI=1S/C14H23N3O/c1-11(8-15)7-13(18)17-10-14(2,3)12-5-4-6-16-9-12/h4-6,9,11H,7-8,10,15H2,1-3H3,(H,17,18). The maximum Gasteiger partial charge on any atom is 0.220 e. The zero-order chi connectivity index (χ0) is 13.6. The zero-order valence-corrected chi connectivity index (χ0v) is 11.4. The normalized spacial score (nSPS) is 13.1. The average molecular weight is 249 g/mol. The Kier molecular flexibility index (Phi) is 5.28. The predicted octanol–water partition coefficient (Wildman–Crippen LogP) is 1.46. The van der Waals surface area contributed by atoms with E-state index in [0.717, 1.165) is 5.56 Å². The van der Waals surface area contributed by atoms with E-state index in [4.69, 9.17) is 5.73 Å². The minimum absolute atomic E-state index is 0.0601. The summed E-state index contributed by atoms with van der Waals surface area (Å²) in [5, 5.41) is 2.96. The summed E-state index contributed by atoms with van der Waals surface area (Å²) in [6, 6.07) is 3.94. The molecule has 1 heterocycles. The highest BCUT2D eigenvalue weighted by Crippen LogP contribution is 2.20. The molecule has 18 heavy (non-hydrogen) atoms. The number of nitrogens with two attached hydrogens (primary N) is 1. The first kappa shape index (κ1) is 14.6. The second-order valence-corrected chi connectivity index (χ2v) is 5.45. The van der Waals surface area contributed by atoms with E-state index in [9.17, 15) is 4.79 Å². The minimum Gasteiger partial charge on any atom is -0.355 e. The molecule has 3 N–H and O–H groups in total. The second-order valence-electron chi connectivity index (χ2n) is 5.45. The van der Waals surface area contributed by atoms with Crippen molar-refractivity contribution in [3.05, 3.63) is 30.1 Å². The first-order valence-electron chi connectivity index (χ1n) is 6.33. The van der Waals surface area contributed by atoms with Crippen molar-refractivity contribution in [2.75, 3.05) is 13.1 Å². The number of carbonyl (C=O) groups is 1. The molecule has 0 aliphatic rings. The molecule has 0 spiro atoms. The van der Waals surface area contributed by atoms with Gasteiger partial charge >= 0.3 is 0 Å². The molecule has 1 unspecified atom stereocenters. The molecule has 0 saturated heterocycles. The van der Waals surface area contributed by atoms with Crippen LogP contribution in [0, 0.1) is 5.92 Å². The summed E-state index contributed by atoms with van der Waals surface area (Å²) in [6.07, 6.45) is 4.08. The van der Waals surface area contributed by atoms with E-state index in [1.807, 2.05) is 25.3 Å². The third-order valence-corrected chi connectivity index (χ3v) is 3.11. The number of aromatic nitrogens is 1. The van der Waals surface area contributed by atoms with Crippen LogP contribution in [0.5, 0.6) is 0 Å². The quantitative estimate of drug-likeness (QED) is 0.802. The third kappa shape index (κ3) is 4.45. The van der Waals surface area contributed by atoms with Gasteiger partial charge in [0.2, 0.25) is 5.91 Å². The van der Waals surface area contributed by atoms with Crippen LogP contribution in [0.15, 0.2) is 24.5 Å². The molecule has 1 rings (SSSR count). The number of nitrogens with one attached hydrogen (secondary N) is 1. The van der Waals surface area contributed by atoms with Gasteiger partial charge in [0, 0.05) is 30.8 Å². The topological polar surface area (TPSA) is 68.0 Å². The fourth-order valence-electron chi connectivity index (χ4n) is 1.66. The smallest absolute Gasteiger partial charge is 0.220 e. The van der Waals surface area contributed by atoms with Crippen LogP contribution in [-0.4, -0.2) is 24.0 Å². The number of hydrogen-bond donors (Lipinski definition) is 2. The number of amides is 1. The van der Waals surface area contributed by atoms with Gasteiger partial charge in [0.25, 0.3) is 0 Å². The Morgan fingerprint density at radius 1 is 1.56 bits per heavy atom. The molecule has 1 aromatic heterocycles. The van der Waals surface area contributed by atoms with Gasteiger partial charge in [0.05, 0.1) is 0 Å². The SMILES string of the molecule is CC(CN)CC(=O)NCC(C)(C)c1cccnc1. The van der Waals surface area contributed by atoms with E-state index >= 15 is 0 Å². The summed E-state index contributed by atoms with van der Waals surface area (Å²) < 4.78 is 0.